The predicted octanol–water partition coefficient (Wildman–Crippen LogP) is 2.93. The molecule has 0 aromatic heterocycles. The zero-order valence-corrected chi connectivity index (χ0v) is 12.6. The lowest BCUT2D eigenvalue weighted by atomic mass is 9.47. The minimum absolute atomic E-state index is 0.184. The molecule has 4 aliphatic rings. The fourth-order valence-electron chi connectivity index (χ4n) is 5.63. The summed E-state index contributed by atoms with van der Waals surface area (Å²) in [4.78, 5) is 12.1. The minimum Gasteiger partial charge on any atom is -0.455 e. The van der Waals surface area contributed by atoms with E-state index in [1.54, 1.807) is 0 Å². The van der Waals surface area contributed by atoms with E-state index in [4.69, 9.17) is 9.84 Å². The molecule has 20 heavy (non-hydrogen) atoms. The molecule has 4 saturated carbocycles. The molecule has 0 saturated heterocycles. The minimum atomic E-state index is -0.389. The Morgan fingerprint density at radius 3 is 2.40 bits per heavy atom. The second kappa shape index (κ2) is 4.87. The van der Waals surface area contributed by atoms with Crippen LogP contribution in [0, 0.1) is 29.6 Å². The van der Waals surface area contributed by atoms with Crippen LogP contribution in [0.4, 0.5) is 0 Å². The van der Waals surface area contributed by atoms with Crippen LogP contribution in [0.2, 0.25) is 0 Å². The molecule has 0 aromatic rings. The highest BCUT2D eigenvalue weighted by Gasteiger charge is 2.59. The van der Waals surface area contributed by atoms with Gasteiger partial charge >= 0.3 is 5.97 Å². The van der Waals surface area contributed by atoms with Gasteiger partial charge < -0.3 is 9.84 Å². The molecular weight excluding hydrogens is 252 g/mol. The van der Waals surface area contributed by atoms with Crippen LogP contribution in [0.5, 0.6) is 0 Å². The zero-order chi connectivity index (χ0) is 14.5. The fourth-order valence-corrected chi connectivity index (χ4v) is 5.63. The second-order valence-corrected chi connectivity index (χ2v) is 7.59. The average Bonchev–Trinajstić information content (AvgIpc) is 2.35. The third kappa shape index (κ3) is 2.11. The highest BCUT2D eigenvalue weighted by molar-refractivity contribution is 5.88. The Morgan fingerprint density at radius 2 is 1.90 bits per heavy atom. The Hall–Kier alpha value is -0.830. The number of carbonyl (C=O) groups is 1. The quantitative estimate of drug-likeness (QED) is 0.635. The summed E-state index contributed by atoms with van der Waals surface area (Å²) in [5.41, 5.74) is -0.0961. The summed E-state index contributed by atoms with van der Waals surface area (Å²) in [5.74, 6) is 2.81. The predicted molar refractivity (Wildman–Crippen MR) is 76.9 cm³/mol. The number of aliphatic hydroxyl groups is 1. The maximum absolute atomic E-state index is 12.1. The van der Waals surface area contributed by atoms with Gasteiger partial charge in [-0.1, -0.05) is 20.4 Å². The number of aliphatic hydroxyl groups excluding tert-OH is 1. The van der Waals surface area contributed by atoms with Crippen molar-refractivity contribution in [2.45, 2.75) is 51.6 Å². The molecular formula is C17H26O3. The SMILES string of the molecule is C=C(CO)C(=O)OC12CC3CC(CC(C3)C1C(C)C)C2. The first-order chi connectivity index (χ1) is 9.45. The first-order valence-electron chi connectivity index (χ1n) is 7.97. The fraction of sp³-hybridized carbons (Fsp3) is 0.824. The van der Waals surface area contributed by atoms with E-state index >= 15 is 0 Å². The molecule has 112 valence electrons. The molecule has 1 N–H and O–H groups in total. The van der Waals surface area contributed by atoms with E-state index in [-0.39, 0.29) is 23.8 Å². The molecule has 4 aliphatic carbocycles. The Labute approximate surface area is 121 Å². The normalized spacial score (nSPS) is 42.0. The van der Waals surface area contributed by atoms with Crippen LogP contribution < -0.4 is 0 Å². The Bertz CT molecular complexity index is 412. The van der Waals surface area contributed by atoms with E-state index < -0.39 is 0 Å². The first-order valence-corrected chi connectivity index (χ1v) is 7.97. The molecule has 4 bridgehead atoms. The molecule has 0 spiro atoms. The van der Waals surface area contributed by atoms with Gasteiger partial charge in [0.25, 0.3) is 0 Å². The number of ether oxygens (including phenoxy) is 1. The van der Waals surface area contributed by atoms with Gasteiger partial charge in [-0.2, -0.15) is 0 Å². The van der Waals surface area contributed by atoms with Crippen molar-refractivity contribution in [2.24, 2.45) is 29.6 Å². The third-order valence-corrected chi connectivity index (χ3v) is 5.82. The van der Waals surface area contributed by atoms with Crippen LogP contribution in [0.25, 0.3) is 0 Å². The van der Waals surface area contributed by atoms with Crippen LogP contribution in [-0.4, -0.2) is 23.3 Å². The van der Waals surface area contributed by atoms with Crippen LogP contribution in [0.3, 0.4) is 0 Å². The average molecular weight is 278 g/mol. The Kier molecular flexibility index (Phi) is 3.44. The van der Waals surface area contributed by atoms with Gasteiger partial charge in [-0.05, 0) is 55.8 Å². The van der Waals surface area contributed by atoms with Gasteiger partial charge in [-0.15, -0.1) is 0 Å². The highest BCUT2D eigenvalue weighted by atomic mass is 16.6. The summed E-state index contributed by atoms with van der Waals surface area (Å²) in [7, 11) is 0. The summed E-state index contributed by atoms with van der Waals surface area (Å²) in [6.45, 7) is 7.82. The largest absolute Gasteiger partial charge is 0.455 e. The molecule has 0 aliphatic heterocycles. The van der Waals surface area contributed by atoms with Gasteiger partial charge in [-0.25, -0.2) is 4.79 Å². The summed E-state index contributed by atoms with van der Waals surface area (Å²) in [5, 5.41) is 9.09. The second-order valence-electron chi connectivity index (χ2n) is 7.59. The van der Waals surface area contributed by atoms with Crippen molar-refractivity contribution in [3.05, 3.63) is 12.2 Å². The van der Waals surface area contributed by atoms with E-state index in [0.29, 0.717) is 11.8 Å². The van der Waals surface area contributed by atoms with Crippen molar-refractivity contribution in [1.29, 1.82) is 0 Å². The molecule has 3 heteroatoms. The van der Waals surface area contributed by atoms with E-state index in [2.05, 4.69) is 20.4 Å². The smallest absolute Gasteiger partial charge is 0.336 e. The van der Waals surface area contributed by atoms with Crippen molar-refractivity contribution in [3.63, 3.8) is 0 Å². The molecule has 4 rings (SSSR count). The lowest BCUT2D eigenvalue weighted by molar-refractivity contribution is -0.212. The molecule has 4 fully saturated rings. The highest BCUT2D eigenvalue weighted by Crippen LogP contribution is 2.61. The van der Waals surface area contributed by atoms with Gasteiger partial charge in [0.15, 0.2) is 0 Å². The van der Waals surface area contributed by atoms with Gasteiger partial charge in [-0.3, -0.25) is 0 Å². The standard InChI is InChI=1S/C17H26O3/c1-10(2)15-14-5-12-4-13(6-14)8-17(15,7-12)20-16(19)11(3)9-18/h10,12-15,18H,3-9H2,1-2H3. The Morgan fingerprint density at radius 1 is 1.30 bits per heavy atom. The van der Waals surface area contributed by atoms with Crippen LogP contribution >= 0.6 is 0 Å². The van der Waals surface area contributed by atoms with Gasteiger partial charge in [0.2, 0.25) is 0 Å². The lowest BCUT2D eigenvalue weighted by Gasteiger charge is -2.61. The number of esters is 1. The van der Waals surface area contributed by atoms with Crippen LogP contribution in [-0.2, 0) is 9.53 Å². The number of hydrogen-bond acceptors (Lipinski definition) is 3. The molecule has 0 aromatic carbocycles. The number of hydrogen-bond donors (Lipinski definition) is 1. The molecule has 0 heterocycles. The Balaban J connectivity index is 1.87. The van der Waals surface area contributed by atoms with Gasteiger partial charge in [0, 0.05) is 5.92 Å². The van der Waals surface area contributed by atoms with E-state index in [1.165, 1.54) is 19.3 Å². The lowest BCUT2D eigenvalue weighted by Crippen LogP contribution is -2.60. The van der Waals surface area contributed by atoms with Crippen molar-refractivity contribution < 1.29 is 14.6 Å². The van der Waals surface area contributed by atoms with Crippen molar-refractivity contribution in [1.82, 2.24) is 0 Å². The van der Waals surface area contributed by atoms with Gasteiger partial charge in [0.1, 0.15) is 5.60 Å². The number of carbonyl (C=O) groups excluding carboxylic acids is 1. The third-order valence-electron chi connectivity index (χ3n) is 5.82. The molecule has 3 unspecified atom stereocenters. The van der Waals surface area contributed by atoms with E-state index in [9.17, 15) is 4.79 Å². The first kappa shape index (κ1) is 14.1. The summed E-state index contributed by atoms with van der Waals surface area (Å²) in [6, 6.07) is 0. The van der Waals surface area contributed by atoms with Gasteiger partial charge in [0.05, 0.1) is 12.2 Å². The van der Waals surface area contributed by atoms with E-state index in [0.717, 1.165) is 30.6 Å². The molecule has 0 radical (unpaired) electrons. The summed E-state index contributed by atoms with van der Waals surface area (Å²) in [6.07, 6.45) is 6.00. The molecule has 3 atom stereocenters. The van der Waals surface area contributed by atoms with Crippen molar-refractivity contribution in [2.75, 3.05) is 6.61 Å². The number of rotatable bonds is 4. The molecule has 0 amide bonds. The van der Waals surface area contributed by atoms with E-state index in [1.807, 2.05) is 0 Å². The van der Waals surface area contributed by atoms with Crippen LogP contribution in [0.1, 0.15) is 46.0 Å². The van der Waals surface area contributed by atoms with Crippen molar-refractivity contribution in [3.8, 4) is 0 Å². The topological polar surface area (TPSA) is 46.5 Å². The maximum atomic E-state index is 12.1. The van der Waals surface area contributed by atoms with Crippen molar-refractivity contribution >= 4 is 5.97 Å². The molecule has 3 nitrogen and oxygen atoms in total. The summed E-state index contributed by atoms with van der Waals surface area (Å²) < 4.78 is 5.98. The zero-order valence-electron chi connectivity index (χ0n) is 12.6. The monoisotopic (exact) mass is 278 g/mol. The maximum Gasteiger partial charge on any atom is 0.336 e. The van der Waals surface area contributed by atoms with Crippen LogP contribution in [0.15, 0.2) is 12.2 Å². The summed E-state index contributed by atoms with van der Waals surface area (Å²) >= 11 is 0.